The Bertz CT molecular complexity index is 295. The Morgan fingerprint density at radius 2 is 1.89 bits per heavy atom. The van der Waals surface area contributed by atoms with Crippen LogP contribution in [0.15, 0.2) is 0 Å². The van der Waals surface area contributed by atoms with Crippen molar-refractivity contribution in [2.45, 2.75) is 51.9 Å². The van der Waals surface area contributed by atoms with Gasteiger partial charge in [-0.05, 0) is 19.3 Å². The number of hydrogen-bond donors (Lipinski definition) is 1. The largest absolute Gasteiger partial charge is 0.395 e. The number of nitriles is 1. The summed E-state index contributed by atoms with van der Waals surface area (Å²) in [6.45, 7) is 2.94. The molecule has 0 atom stereocenters. The van der Waals surface area contributed by atoms with Crippen molar-refractivity contribution in [2.24, 2.45) is 5.41 Å². The molecule has 1 aliphatic rings. The number of nitrogens with zero attached hydrogens (tertiary/aromatic N) is 2. The Balaban J connectivity index is 2.83. The number of carbonyl (C=O) groups is 1. The fraction of sp³-hybridized carbons (Fsp3) is 0.857. The second-order valence-electron chi connectivity index (χ2n) is 5.12. The minimum Gasteiger partial charge on any atom is -0.395 e. The van der Waals surface area contributed by atoms with E-state index in [1.807, 2.05) is 6.92 Å². The van der Waals surface area contributed by atoms with Crippen molar-refractivity contribution in [1.82, 2.24) is 4.90 Å². The first kappa shape index (κ1) is 15.0. The van der Waals surface area contributed by atoms with Crippen molar-refractivity contribution < 1.29 is 9.90 Å². The van der Waals surface area contributed by atoms with Crippen LogP contribution in [-0.4, -0.2) is 35.6 Å². The average Bonchev–Trinajstić information content (AvgIpc) is 2.64. The molecule has 1 N–H and O–H groups in total. The summed E-state index contributed by atoms with van der Waals surface area (Å²) in [5.41, 5.74) is -0.832. The lowest BCUT2D eigenvalue weighted by molar-refractivity contribution is -0.140. The first-order valence-electron chi connectivity index (χ1n) is 7.01. The van der Waals surface area contributed by atoms with E-state index in [0.717, 1.165) is 32.1 Å². The molecule has 0 aliphatic heterocycles. The molecule has 1 aliphatic carbocycles. The van der Waals surface area contributed by atoms with Crippen LogP contribution in [0.5, 0.6) is 0 Å². The molecule has 0 heterocycles. The van der Waals surface area contributed by atoms with E-state index < -0.39 is 5.41 Å². The number of hydrogen-bond acceptors (Lipinski definition) is 3. The maximum Gasteiger partial charge on any atom is 0.243 e. The molecule has 0 spiro atoms. The summed E-state index contributed by atoms with van der Waals surface area (Å²) < 4.78 is 0. The Morgan fingerprint density at radius 1 is 1.28 bits per heavy atom. The molecule has 4 nitrogen and oxygen atoms in total. The second-order valence-corrected chi connectivity index (χ2v) is 5.12. The minimum atomic E-state index is -0.832. The SMILES string of the molecule is CCCN(CCO)C(=O)C1(C#N)CCCCCC1. The molecule has 1 saturated carbocycles. The number of amides is 1. The molecule has 0 aromatic heterocycles. The van der Waals surface area contributed by atoms with Gasteiger partial charge in [0.05, 0.1) is 12.7 Å². The topological polar surface area (TPSA) is 64.3 Å². The van der Waals surface area contributed by atoms with Gasteiger partial charge in [0, 0.05) is 13.1 Å². The Morgan fingerprint density at radius 3 is 2.33 bits per heavy atom. The standard InChI is InChI=1S/C14H24N2O2/c1-2-9-16(10-11-17)13(18)14(12-15)7-5-3-4-6-8-14/h17H,2-11H2,1H3. The molecule has 1 rings (SSSR count). The van der Waals surface area contributed by atoms with Gasteiger partial charge in [0.25, 0.3) is 0 Å². The van der Waals surface area contributed by atoms with Gasteiger partial charge in [0.2, 0.25) is 5.91 Å². The zero-order valence-corrected chi connectivity index (χ0v) is 11.3. The smallest absolute Gasteiger partial charge is 0.243 e. The highest BCUT2D eigenvalue weighted by Gasteiger charge is 2.41. The molecular formula is C14H24N2O2. The lowest BCUT2D eigenvalue weighted by Gasteiger charge is -2.31. The molecule has 0 bridgehead atoms. The van der Waals surface area contributed by atoms with Crippen LogP contribution in [-0.2, 0) is 4.79 Å². The van der Waals surface area contributed by atoms with Crippen molar-refractivity contribution in [1.29, 1.82) is 5.26 Å². The molecule has 0 saturated heterocycles. The summed E-state index contributed by atoms with van der Waals surface area (Å²) in [6, 6.07) is 2.28. The maximum absolute atomic E-state index is 12.6. The third kappa shape index (κ3) is 3.46. The minimum absolute atomic E-state index is 0.0345. The zero-order chi connectivity index (χ0) is 13.4. The van der Waals surface area contributed by atoms with E-state index in [4.69, 9.17) is 5.11 Å². The second kappa shape index (κ2) is 7.38. The molecule has 1 fully saturated rings. The highest BCUT2D eigenvalue weighted by molar-refractivity contribution is 5.85. The Hall–Kier alpha value is -1.08. The van der Waals surface area contributed by atoms with Crippen molar-refractivity contribution >= 4 is 5.91 Å². The quantitative estimate of drug-likeness (QED) is 0.762. The predicted molar refractivity (Wildman–Crippen MR) is 69.7 cm³/mol. The lowest BCUT2D eigenvalue weighted by Crippen LogP contribution is -2.44. The monoisotopic (exact) mass is 252 g/mol. The van der Waals surface area contributed by atoms with Gasteiger partial charge in [-0.1, -0.05) is 32.6 Å². The van der Waals surface area contributed by atoms with Gasteiger partial charge in [-0.15, -0.1) is 0 Å². The molecule has 102 valence electrons. The van der Waals surface area contributed by atoms with Crippen molar-refractivity contribution in [2.75, 3.05) is 19.7 Å². The van der Waals surface area contributed by atoms with Crippen LogP contribution in [0.2, 0.25) is 0 Å². The van der Waals surface area contributed by atoms with E-state index in [1.165, 1.54) is 0 Å². The van der Waals surface area contributed by atoms with Crippen molar-refractivity contribution in [3.63, 3.8) is 0 Å². The van der Waals surface area contributed by atoms with Crippen LogP contribution in [0.1, 0.15) is 51.9 Å². The first-order chi connectivity index (χ1) is 8.70. The van der Waals surface area contributed by atoms with Gasteiger partial charge >= 0.3 is 0 Å². The summed E-state index contributed by atoms with van der Waals surface area (Å²) in [4.78, 5) is 14.2. The number of carbonyl (C=O) groups excluding carboxylic acids is 1. The number of aliphatic hydroxyl groups is 1. The highest BCUT2D eigenvalue weighted by Crippen LogP contribution is 2.36. The van der Waals surface area contributed by atoms with Gasteiger partial charge < -0.3 is 10.0 Å². The van der Waals surface area contributed by atoms with Crippen LogP contribution < -0.4 is 0 Å². The summed E-state index contributed by atoms with van der Waals surface area (Å²) in [6.07, 6.45) is 6.35. The van der Waals surface area contributed by atoms with E-state index in [-0.39, 0.29) is 12.5 Å². The molecule has 4 heteroatoms. The van der Waals surface area contributed by atoms with Gasteiger partial charge in [-0.3, -0.25) is 4.79 Å². The van der Waals surface area contributed by atoms with Crippen molar-refractivity contribution in [3.8, 4) is 6.07 Å². The maximum atomic E-state index is 12.6. The molecule has 0 unspecified atom stereocenters. The van der Waals surface area contributed by atoms with Gasteiger partial charge in [-0.2, -0.15) is 5.26 Å². The lowest BCUT2D eigenvalue weighted by atomic mass is 9.80. The third-order valence-corrected chi connectivity index (χ3v) is 3.73. The van der Waals surface area contributed by atoms with E-state index in [2.05, 4.69) is 6.07 Å². The normalized spacial score (nSPS) is 18.7. The molecule has 0 radical (unpaired) electrons. The summed E-state index contributed by atoms with van der Waals surface area (Å²) in [5, 5.41) is 18.5. The van der Waals surface area contributed by atoms with Crippen molar-refractivity contribution in [3.05, 3.63) is 0 Å². The van der Waals surface area contributed by atoms with Gasteiger partial charge in [-0.25, -0.2) is 0 Å². The zero-order valence-electron chi connectivity index (χ0n) is 11.3. The van der Waals surface area contributed by atoms with E-state index in [0.29, 0.717) is 25.9 Å². The molecular weight excluding hydrogens is 228 g/mol. The van der Waals surface area contributed by atoms with E-state index in [1.54, 1.807) is 4.90 Å². The van der Waals surface area contributed by atoms with Crippen LogP contribution in [0.3, 0.4) is 0 Å². The highest BCUT2D eigenvalue weighted by atomic mass is 16.3. The summed E-state index contributed by atoms with van der Waals surface area (Å²) >= 11 is 0. The predicted octanol–water partition coefficient (Wildman–Crippen LogP) is 2.08. The average molecular weight is 252 g/mol. The van der Waals surface area contributed by atoms with Crippen LogP contribution in [0.4, 0.5) is 0 Å². The molecule has 18 heavy (non-hydrogen) atoms. The Kier molecular flexibility index (Phi) is 6.14. The third-order valence-electron chi connectivity index (χ3n) is 3.73. The first-order valence-corrected chi connectivity index (χ1v) is 7.01. The van der Waals surface area contributed by atoms with Crippen LogP contribution >= 0.6 is 0 Å². The van der Waals surface area contributed by atoms with Crippen LogP contribution in [0, 0.1) is 16.7 Å². The van der Waals surface area contributed by atoms with Gasteiger partial charge in [0.1, 0.15) is 5.41 Å². The number of rotatable bonds is 5. The van der Waals surface area contributed by atoms with E-state index >= 15 is 0 Å². The molecule has 0 aromatic rings. The van der Waals surface area contributed by atoms with E-state index in [9.17, 15) is 10.1 Å². The van der Waals surface area contributed by atoms with Crippen LogP contribution in [0.25, 0.3) is 0 Å². The molecule has 1 amide bonds. The Labute approximate surface area is 110 Å². The summed E-state index contributed by atoms with van der Waals surface area (Å²) in [5.74, 6) is -0.0669. The van der Waals surface area contributed by atoms with Gasteiger partial charge in [0.15, 0.2) is 0 Å². The molecule has 0 aromatic carbocycles. The fourth-order valence-electron chi connectivity index (χ4n) is 2.71. The fourth-order valence-corrected chi connectivity index (χ4v) is 2.71. The summed E-state index contributed by atoms with van der Waals surface area (Å²) in [7, 11) is 0. The number of aliphatic hydroxyl groups excluding tert-OH is 1.